The van der Waals surface area contributed by atoms with Crippen molar-refractivity contribution in [1.29, 1.82) is 0 Å². The third-order valence-corrected chi connectivity index (χ3v) is 5.22. The number of rotatable bonds is 5. The summed E-state index contributed by atoms with van der Waals surface area (Å²) in [6.45, 7) is 10.3. The number of hydrogen-bond acceptors (Lipinski definition) is 2. The molecule has 2 fully saturated rings. The van der Waals surface area contributed by atoms with Gasteiger partial charge in [-0.3, -0.25) is 4.90 Å². The van der Waals surface area contributed by atoms with Crippen molar-refractivity contribution < 1.29 is 0 Å². The van der Waals surface area contributed by atoms with Gasteiger partial charge in [-0.2, -0.15) is 0 Å². The summed E-state index contributed by atoms with van der Waals surface area (Å²) in [6.07, 6.45) is 5.46. The molecular weight excluding hydrogens is 256 g/mol. The molecule has 1 heterocycles. The molecule has 2 nitrogen and oxygen atoms in total. The van der Waals surface area contributed by atoms with Gasteiger partial charge in [-0.15, -0.1) is 0 Å². The maximum atomic E-state index is 3.79. The quantitative estimate of drug-likeness (QED) is 0.888. The van der Waals surface area contributed by atoms with Crippen molar-refractivity contribution in [1.82, 2.24) is 10.2 Å². The summed E-state index contributed by atoms with van der Waals surface area (Å²) in [4.78, 5) is 2.77. The van der Waals surface area contributed by atoms with Crippen molar-refractivity contribution in [3.05, 3.63) is 34.9 Å². The molecule has 1 saturated carbocycles. The Kier molecular flexibility index (Phi) is 4.66. The van der Waals surface area contributed by atoms with Crippen molar-refractivity contribution in [2.75, 3.05) is 13.1 Å². The monoisotopic (exact) mass is 286 g/mol. The van der Waals surface area contributed by atoms with E-state index in [1.165, 1.54) is 55.5 Å². The van der Waals surface area contributed by atoms with E-state index >= 15 is 0 Å². The van der Waals surface area contributed by atoms with Gasteiger partial charge < -0.3 is 5.32 Å². The van der Waals surface area contributed by atoms with Crippen LogP contribution in [0.1, 0.15) is 49.3 Å². The smallest absolute Gasteiger partial charge is 0.0253 e. The Morgan fingerprint density at radius 3 is 2.76 bits per heavy atom. The molecule has 1 aliphatic carbocycles. The van der Waals surface area contributed by atoms with E-state index in [-0.39, 0.29) is 0 Å². The number of nitrogens with zero attached hydrogens (tertiary/aromatic N) is 1. The third-order valence-electron chi connectivity index (χ3n) is 5.22. The van der Waals surface area contributed by atoms with Crippen LogP contribution >= 0.6 is 0 Å². The molecular formula is C19H30N2. The molecule has 2 heteroatoms. The minimum Gasteiger partial charge on any atom is -0.311 e. The molecule has 116 valence electrons. The molecule has 1 aliphatic heterocycles. The lowest BCUT2D eigenvalue weighted by Crippen LogP contribution is -2.56. The van der Waals surface area contributed by atoms with E-state index in [9.17, 15) is 0 Å². The zero-order valence-electron chi connectivity index (χ0n) is 13.9. The fourth-order valence-corrected chi connectivity index (χ4v) is 3.76. The number of piperazine rings is 1. The second-order valence-electron chi connectivity index (χ2n) is 7.16. The van der Waals surface area contributed by atoms with Crippen molar-refractivity contribution in [3.8, 4) is 0 Å². The van der Waals surface area contributed by atoms with Crippen LogP contribution in [-0.2, 0) is 6.54 Å². The van der Waals surface area contributed by atoms with Crippen LogP contribution in [0.2, 0.25) is 0 Å². The zero-order chi connectivity index (χ0) is 14.8. The molecule has 2 unspecified atom stereocenters. The number of benzene rings is 1. The van der Waals surface area contributed by atoms with Gasteiger partial charge in [0.05, 0.1) is 0 Å². The largest absolute Gasteiger partial charge is 0.311 e. The van der Waals surface area contributed by atoms with Crippen LogP contribution in [0.5, 0.6) is 0 Å². The Hall–Kier alpha value is -0.860. The maximum Gasteiger partial charge on any atom is 0.0253 e. The van der Waals surface area contributed by atoms with E-state index in [0.29, 0.717) is 6.04 Å². The minimum atomic E-state index is 0.690. The summed E-state index contributed by atoms with van der Waals surface area (Å²) in [7, 11) is 0. The van der Waals surface area contributed by atoms with E-state index in [4.69, 9.17) is 0 Å². The molecule has 2 aliphatic rings. The predicted molar refractivity (Wildman–Crippen MR) is 89.5 cm³/mol. The van der Waals surface area contributed by atoms with Crippen LogP contribution in [0.4, 0.5) is 0 Å². The second kappa shape index (κ2) is 6.50. The summed E-state index contributed by atoms with van der Waals surface area (Å²) in [6, 6.07) is 8.35. The minimum absolute atomic E-state index is 0.690. The first-order valence-corrected chi connectivity index (χ1v) is 8.71. The highest BCUT2D eigenvalue weighted by molar-refractivity contribution is 5.30. The number of nitrogens with one attached hydrogen (secondary N) is 1. The van der Waals surface area contributed by atoms with E-state index in [2.05, 4.69) is 49.2 Å². The van der Waals surface area contributed by atoms with Crippen LogP contribution < -0.4 is 5.32 Å². The van der Waals surface area contributed by atoms with E-state index in [0.717, 1.165) is 18.5 Å². The molecule has 0 spiro atoms. The fourth-order valence-electron chi connectivity index (χ4n) is 3.76. The Morgan fingerprint density at radius 2 is 2.05 bits per heavy atom. The molecule has 0 aromatic heterocycles. The van der Waals surface area contributed by atoms with Crippen LogP contribution in [0.25, 0.3) is 0 Å². The Morgan fingerprint density at radius 1 is 1.24 bits per heavy atom. The SMILES string of the molecule is CCCC1CN(Cc2cc(C)ccc2C)C(C2CC2)CN1. The first-order valence-electron chi connectivity index (χ1n) is 8.71. The van der Waals surface area contributed by atoms with Crippen LogP contribution in [0, 0.1) is 19.8 Å². The second-order valence-corrected chi connectivity index (χ2v) is 7.16. The summed E-state index contributed by atoms with van der Waals surface area (Å²) >= 11 is 0. The number of hydrogen-bond donors (Lipinski definition) is 1. The molecule has 1 aromatic rings. The molecule has 0 amide bonds. The Balaban J connectivity index is 1.73. The number of aryl methyl sites for hydroxylation is 2. The Bertz CT molecular complexity index is 478. The lowest BCUT2D eigenvalue weighted by Gasteiger charge is -2.41. The van der Waals surface area contributed by atoms with E-state index in [1.54, 1.807) is 0 Å². The lowest BCUT2D eigenvalue weighted by atomic mass is 9.99. The summed E-state index contributed by atoms with van der Waals surface area (Å²) in [5, 5.41) is 3.79. The van der Waals surface area contributed by atoms with E-state index in [1.807, 2.05) is 0 Å². The molecule has 1 aromatic carbocycles. The lowest BCUT2D eigenvalue weighted by molar-refractivity contribution is 0.104. The van der Waals surface area contributed by atoms with Gasteiger partial charge in [0.1, 0.15) is 0 Å². The van der Waals surface area contributed by atoms with Gasteiger partial charge in [-0.25, -0.2) is 0 Å². The maximum absolute atomic E-state index is 3.79. The standard InChI is InChI=1S/C19H30N2/c1-4-5-18-13-21(19(11-20-18)16-8-9-16)12-17-10-14(2)6-7-15(17)3/h6-7,10,16,18-20H,4-5,8-9,11-13H2,1-3H3. The van der Waals surface area contributed by atoms with Crippen LogP contribution in [0.3, 0.4) is 0 Å². The van der Waals surface area contributed by atoms with Crippen LogP contribution in [0.15, 0.2) is 18.2 Å². The predicted octanol–water partition coefficient (Wildman–Crippen LogP) is 3.66. The van der Waals surface area contributed by atoms with Gasteiger partial charge in [0.25, 0.3) is 0 Å². The summed E-state index contributed by atoms with van der Waals surface area (Å²) in [5.41, 5.74) is 4.36. The van der Waals surface area contributed by atoms with Gasteiger partial charge in [-0.05, 0) is 50.2 Å². The zero-order valence-corrected chi connectivity index (χ0v) is 13.9. The molecule has 1 N–H and O–H groups in total. The summed E-state index contributed by atoms with van der Waals surface area (Å²) < 4.78 is 0. The normalized spacial score (nSPS) is 27.0. The molecule has 0 bridgehead atoms. The third kappa shape index (κ3) is 3.67. The first kappa shape index (κ1) is 15.1. The highest BCUT2D eigenvalue weighted by atomic mass is 15.2. The molecule has 3 rings (SSSR count). The first-order chi connectivity index (χ1) is 10.2. The highest BCUT2D eigenvalue weighted by Crippen LogP contribution is 2.37. The molecule has 21 heavy (non-hydrogen) atoms. The average molecular weight is 286 g/mol. The highest BCUT2D eigenvalue weighted by Gasteiger charge is 2.38. The van der Waals surface area contributed by atoms with Crippen molar-refractivity contribution in [2.24, 2.45) is 5.92 Å². The van der Waals surface area contributed by atoms with Crippen LogP contribution in [-0.4, -0.2) is 30.1 Å². The molecule has 2 atom stereocenters. The average Bonchev–Trinajstić information content (AvgIpc) is 3.28. The van der Waals surface area contributed by atoms with Gasteiger partial charge in [0, 0.05) is 31.7 Å². The molecule has 0 radical (unpaired) electrons. The van der Waals surface area contributed by atoms with E-state index < -0.39 is 0 Å². The van der Waals surface area contributed by atoms with Crippen molar-refractivity contribution in [2.45, 2.75) is 65.1 Å². The van der Waals surface area contributed by atoms with Gasteiger partial charge in [-0.1, -0.05) is 37.1 Å². The van der Waals surface area contributed by atoms with Gasteiger partial charge in [0.15, 0.2) is 0 Å². The van der Waals surface area contributed by atoms with Crippen molar-refractivity contribution in [3.63, 3.8) is 0 Å². The Labute approximate surface area is 129 Å². The topological polar surface area (TPSA) is 15.3 Å². The fraction of sp³-hybridized carbons (Fsp3) is 0.684. The van der Waals surface area contributed by atoms with Gasteiger partial charge in [0.2, 0.25) is 0 Å². The van der Waals surface area contributed by atoms with Gasteiger partial charge >= 0.3 is 0 Å². The summed E-state index contributed by atoms with van der Waals surface area (Å²) in [5.74, 6) is 0.949. The van der Waals surface area contributed by atoms with Crippen molar-refractivity contribution >= 4 is 0 Å². The molecule has 1 saturated heterocycles.